The summed E-state index contributed by atoms with van der Waals surface area (Å²) in [5.41, 5.74) is 15.4. The SMILES string of the molecule is c1ccc(-c2ccc(-c3cccc(N(c4ccc(-c5ccc(-c6cccc(-c7ccc8ccccc8c7)c6)cc5)cc4)c4ccc5sc6ccccc6c5c4)c3)cc2)cc1. The van der Waals surface area contributed by atoms with Gasteiger partial charge in [-0.25, -0.2) is 0 Å². The number of hydrogen-bond donors (Lipinski definition) is 0. The van der Waals surface area contributed by atoms with Crippen LogP contribution in [0.2, 0.25) is 0 Å². The first-order valence-corrected chi connectivity index (χ1v) is 21.3. The number of nitrogens with zero attached hydrogens (tertiary/aromatic N) is 1. The lowest BCUT2D eigenvalue weighted by Crippen LogP contribution is -2.10. The highest BCUT2D eigenvalue weighted by atomic mass is 32.1. The molecule has 10 aromatic carbocycles. The topological polar surface area (TPSA) is 3.24 Å². The lowest BCUT2D eigenvalue weighted by Gasteiger charge is -2.26. The summed E-state index contributed by atoms with van der Waals surface area (Å²) < 4.78 is 2.61. The van der Waals surface area contributed by atoms with Crippen LogP contribution in [0.25, 0.3) is 86.6 Å². The summed E-state index contributed by atoms with van der Waals surface area (Å²) in [6, 6.07) is 86.1. The van der Waals surface area contributed by atoms with Crippen molar-refractivity contribution in [2.45, 2.75) is 0 Å². The zero-order chi connectivity index (χ0) is 39.8. The van der Waals surface area contributed by atoms with E-state index in [-0.39, 0.29) is 0 Å². The van der Waals surface area contributed by atoms with Crippen molar-refractivity contribution in [3.05, 3.63) is 237 Å². The predicted molar refractivity (Wildman–Crippen MR) is 259 cm³/mol. The van der Waals surface area contributed by atoms with Crippen LogP contribution in [-0.2, 0) is 0 Å². The molecule has 0 saturated heterocycles. The molecule has 0 aliphatic carbocycles. The van der Waals surface area contributed by atoms with Crippen LogP contribution in [-0.4, -0.2) is 0 Å². The molecule has 2 heteroatoms. The summed E-state index contributed by atoms with van der Waals surface area (Å²) in [5, 5.41) is 5.10. The fourth-order valence-corrected chi connectivity index (χ4v) is 9.60. The van der Waals surface area contributed by atoms with Crippen LogP contribution < -0.4 is 4.90 Å². The second-order valence-electron chi connectivity index (χ2n) is 15.4. The van der Waals surface area contributed by atoms with Gasteiger partial charge >= 0.3 is 0 Å². The molecule has 0 N–H and O–H groups in total. The highest BCUT2D eigenvalue weighted by molar-refractivity contribution is 7.25. The summed E-state index contributed by atoms with van der Waals surface area (Å²) in [6.07, 6.45) is 0. The van der Waals surface area contributed by atoms with Crippen LogP contribution in [0.4, 0.5) is 17.1 Å². The van der Waals surface area contributed by atoms with Gasteiger partial charge in [0.05, 0.1) is 0 Å². The van der Waals surface area contributed by atoms with Gasteiger partial charge in [0.15, 0.2) is 0 Å². The van der Waals surface area contributed by atoms with Crippen molar-refractivity contribution in [1.29, 1.82) is 0 Å². The van der Waals surface area contributed by atoms with E-state index in [0.29, 0.717) is 0 Å². The number of benzene rings is 10. The highest BCUT2D eigenvalue weighted by Crippen LogP contribution is 2.42. The van der Waals surface area contributed by atoms with Crippen molar-refractivity contribution < 1.29 is 0 Å². The van der Waals surface area contributed by atoms with E-state index >= 15 is 0 Å². The average Bonchev–Trinajstić information content (AvgIpc) is 3.70. The third kappa shape index (κ3) is 6.83. The largest absolute Gasteiger partial charge is 0.310 e. The van der Waals surface area contributed by atoms with Gasteiger partial charge in [0.25, 0.3) is 0 Å². The van der Waals surface area contributed by atoms with E-state index in [0.717, 1.165) is 17.1 Å². The van der Waals surface area contributed by atoms with Crippen LogP contribution in [0.3, 0.4) is 0 Å². The Balaban J connectivity index is 0.921. The molecule has 1 heterocycles. The van der Waals surface area contributed by atoms with Crippen LogP contribution in [0.1, 0.15) is 0 Å². The van der Waals surface area contributed by atoms with Gasteiger partial charge in [-0.05, 0) is 127 Å². The average molecular weight is 782 g/mol. The molecule has 0 unspecified atom stereocenters. The standard InChI is InChI=1S/C58H39NS/c1-2-10-40(11-3-1)42-20-26-46(27-21-42)50-16-9-17-53(38-50)59(54-34-35-58-56(39-54)55-18-6-7-19-57(55)60-58)52-32-30-44(31-33-52)43-22-24-45(25-23-43)48-14-8-15-49(36-48)51-29-28-41-12-4-5-13-47(41)37-51/h1-39H. The maximum absolute atomic E-state index is 2.39. The molecule has 0 atom stereocenters. The minimum Gasteiger partial charge on any atom is -0.310 e. The second-order valence-corrected chi connectivity index (χ2v) is 16.5. The Kier molecular flexibility index (Phi) is 9.11. The Hall–Kier alpha value is -7.52. The van der Waals surface area contributed by atoms with Crippen molar-refractivity contribution >= 4 is 59.3 Å². The minimum absolute atomic E-state index is 1.11. The molecule has 282 valence electrons. The summed E-state index contributed by atoms with van der Waals surface area (Å²) in [4.78, 5) is 2.39. The van der Waals surface area contributed by atoms with E-state index in [1.54, 1.807) is 0 Å². The first-order valence-electron chi connectivity index (χ1n) is 20.5. The van der Waals surface area contributed by atoms with E-state index in [2.05, 4.69) is 241 Å². The zero-order valence-corrected chi connectivity index (χ0v) is 33.7. The maximum Gasteiger partial charge on any atom is 0.0468 e. The van der Waals surface area contributed by atoms with Crippen LogP contribution in [0.15, 0.2) is 237 Å². The van der Waals surface area contributed by atoms with Crippen LogP contribution in [0, 0.1) is 0 Å². The molecule has 0 fully saturated rings. The number of hydrogen-bond acceptors (Lipinski definition) is 2. The van der Waals surface area contributed by atoms with E-state index in [4.69, 9.17) is 0 Å². The van der Waals surface area contributed by atoms with Gasteiger partial charge in [-0.3, -0.25) is 0 Å². The lowest BCUT2D eigenvalue weighted by molar-refractivity contribution is 1.29. The Morgan fingerprint density at radius 2 is 0.683 bits per heavy atom. The third-order valence-electron chi connectivity index (χ3n) is 11.7. The zero-order valence-electron chi connectivity index (χ0n) is 32.9. The van der Waals surface area contributed by atoms with Crippen molar-refractivity contribution in [3.63, 3.8) is 0 Å². The molecule has 1 nitrogen and oxygen atoms in total. The quantitative estimate of drug-likeness (QED) is 0.148. The lowest BCUT2D eigenvalue weighted by atomic mass is 9.96. The third-order valence-corrected chi connectivity index (χ3v) is 12.8. The van der Waals surface area contributed by atoms with Gasteiger partial charge < -0.3 is 4.90 Å². The van der Waals surface area contributed by atoms with Crippen LogP contribution in [0.5, 0.6) is 0 Å². The molecular formula is C58H39NS. The fraction of sp³-hybridized carbons (Fsp3) is 0. The molecule has 0 amide bonds. The van der Waals surface area contributed by atoms with Crippen molar-refractivity contribution in [2.75, 3.05) is 4.90 Å². The van der Waals surface area contributed by atoms with E-state index in [1.165, 1.54) is 86.6 Å². The normalized spacial score (nSPS) is 11.3. The number of rotatable bonds is 8. The maximum atomic E-state index is 2.39. The molecule has 0 bridgehead atoms. The molecule has 11 rings (SSSR count). The first-order chi connectivity index (χ1) is 29.7. The van der Waals surface area contributed by atoms with Gasteiger partial charge in [0.1, 0.15) is 0 Å². The van der Waals surface area contributed by atoms with E-state index in [1.807, 2.05) is 11.3 Å². The fourth-order valence-electron chi connectivity index (χ4n) is 8.52. The summed E-state index contributed by atoms with van der Waals surface area (Å²) >= 11 is 1.85. The van der Waals surface area contributed by atoms with Gasteiger partial charge in [-0.1, -0.05) is 176 Å². The van der Waals surface area contributed by atoms with Crippen molar-refractivity contribution in [2.24, 2.45) is 0 Å². The van der Waals surface area contributed by atoms with Crippen molar-refractivity contribution in [1.82, 2.24) is 0 Å². The molecule has 0 spiro atoms. The molecule has 1 aromatic heterocycles. The van der Waals surface area contributed by atoms with Crippen LogP contribution >= 0.6 is 11.3 Å². The number of anilines is 3. The van der Waals surface area contributed by atoms with Gasteiger partial charge in [0, 0.05) is 37.2 Å². The molecule has 0 aliphatic rings. The molecule has 0 aliphatic heterocycles. The molecule has 0 saturated carbocycles. The molecule has 0 radical (unpaired) electrons. The monoisotopic (exact) mass is 781 g/mol. The second kappa shape index (κ2) is 15.3. The Morgan fingerprint density at radius 3 is 1.40 bits per heavy atom. The smallest absolute Gasteiger partial charge is 0.0468 e. The molecule has 60 heavy (non-hydrogen) atoms. The molecule has 11 aromatic rings. The van der Waals surface area contributed by atoms with Crippen molar-refractivity contribution in [3.8, 4) is 55.6 Å². The van der Waals surface area contributed by atoms with Gasteiger partial charge in [0.2, 0.25) is 0 Å². The summed E-state index contributed by atoms with van der Waals surface area (Å²) in [5.74, 6) is 0. The van der Waals surface area contributed by atoms with Gasteiger partial charge in [-0.2, -0.15) is 0 Å². The number of thiophene rings is 1. The Labute approximate surface area is 354 Å². The van der Waals surface area contributed by atoms with Gasteiger partial charge in [-0.15, -0.1) is 11.3 Å². The predicted octanol–water partition coefficient (Wildman–Crippen LogP) is 17.0. The summed E-state index contributed by atoms with van der Waals surface area (Å²) in [7, 11) is 0. The highest BCUT2D eigenvalue weighted by Gasteiger charge is 2.16. The first kappa shape index (κ1) is 35.6. The van der Waals surface area contributed by atoms with E-state index in [9.17, 15) is 0 Å². The minimum atomic E-state index is 1.11. The summed E-state index contributed by atoms with van der Waals surface area (Å²) in [6.45, 7) is 0. The Bertz CT molecular complexity index is 3290. The molecular weight excluding hydrogens is 743 g/mol. The van der Waals surface area contributed by atoms with E-state index < -0.39 is 0 Å². The Morgan fingerprint density at radius 1 is 0.233 bits per heavy atom. The number of fused-ring (bicyclic) bond motifs is 4.